The lowest BCUT2D eigenvalue weighted by atomic mass is 10.2. The van der Waals surface area contributed by atoms with Gasteiger partial charge in [0.05, 0.1) is 18.3 Å². The van der Waals surface area contributed by atoms with E-state index in [2.05, 4.69) is 9.97 Å². The molecule has 0 aliphatic heterocycles. The van der Waals surface area contributed by atoms with Crippen molar-refractivity contribution in [3.8, 4) is 0 Å². The highest BCUT2D eigenvalue weighted by atomic mass is 16.4. The molecule has 0 aliphatic carbocycles. The Balaban J connectivity index is 2.72. The van der Waals surface area contributed by atoms with Gasteiger partial charge in [0.15, 0.2) is 0 Å². The van der Waals surface area contributed by atoms with Crippen LogP contribution in [0.25, 0.3) is 0 Å². The minimum atomic E-state index is -0.829. The summed E-state index contributed by atoms with van der Waals surface area (Å²) >= 11 is 0. The molecular formula is C12H20N4O2. The fourth-order valence-corrected chi connectivity index (χ4v) is 1.63. The second-order valence-electron chi connectivity index (χ2n) is 4.47. The van der Waals surface area contributed by atoms with Crippen molar-refractivity contribution in [2.24, 2.45) is 0 Å². The molecule has 0 fully saturated rings. The molecule has 1 aromatic rings. The lowest BCUT2D eigenvalue weighted by Gasteiger charge is -2.28. The summed E-state index contributed by atoms with van der Waals surface area (Å²) in [6.45, 7) is 3.43. The minimum absolute atomic E-state index is 0.00554. The SMILES string of the molecule is CC(c1cnccn1)N(CCN(C)C)CC(=O)O. The first-order chi connectivity index (χ1) is 8.50. The van der Waals surface area contributed by atoms with E-state index in [1.54, 1.807) is 18.6 Å². The van der Waals surface area contributed by atoms with Gasteiger partial charge in [-0.25, -0.2) is 0 Å². The van der Waals surface area contributed by atoms with Gasteiger partial charge in [-0.05, 0) is 21.0 Å². The molecule has 100 valence electrons. The molecule has 0 spiro atoms. The molecule has 0 saturated heterocycles. The zero-order valence-electron chi connectivity index (χ0n) is 11.1. The summed E-state index contributed by atoms with van der Waals surface area (Å²) in [7, 11) is 3.93. The number of aromatic nitrogens is 2. The van der Waals surface area contributed by atoms with Crippen molar-refractivity contribution in [1.82, 2.24) is 19.8 Å². The molecule has 0 radical (unpaired) electrons. The summed E-state index contributed by atoms with van der Waals surface area (Å²) in [5.41, 5.74) is 0.789. The van der Waals surface area contributed by atoms with E-state index >= 15 is 0 Å². The Morgan fingerprint density at radius 1 is 1.39 bits per heavy atom. The largest absolute Gasteiger partial charge is 0.480 e. The lowest BCUT2D eigenvalue weighted by Crippen LogP contribution is -2.37. The lowest BCUT2D eigenvalue weighted by molar-refractivity contribution is -0.139. The van der Waals surface area contributed by atoms with Gasteiger partial charge in [0.2, 0.25) is 0 Å². The van der Waals surface area contributed by atoms with Crippen LogP contribution in [-0.4, -0.2) is 64.6 Å². The predicted molar refractivity (Wildman–Crippen MR) is 68.2 cm³/mol. The highest BCUT2D eigenvalue weighted by Crippen LogP contribution is 2.16. The summed E-state index contributed by atoms with van der Waals surface area (Å²) in [6.07, 6.45) is 4.91. The monoisotopic (exact) mass is 252 g/mol. The Morgan fingerprint density at radius 3 is 2.61 bits per heavy atom. The summed E-state index contributed by atoms with van der Waals surface area (Å²) in [5.74, 6) is -0.829. The van der Waals surface area contributed by atoms with E-state index in [4.69, 9.17) is 5.11 Å². The average Bonchev–Trinajstić information content (AvgIpc) is 2.34. The van der Waals surface area contributed by atoms with E-state index in [9.17, 15) is 4.79 Å². The first kappa shape index (κ1) is 14.5. The molecule has 6 heteroatoms. The van der Waals surface area contributed by atoms with Gasteiger partial charge in [-0.1, -0.05) is 0 Å². The molecule has 6 nitrogen and oxygen atoms in total. The molecule has 0 aliphatic rings. The maximum Gasteiger partial charge on any atom is 0.317 e. The topological polar surface area (TPSA) is 69.6 Å². The zero-order valence-corrected chi connectivity index (χ0v) is 11.1. The smallest absolute Gasteiger partial charge is 0.317 e. The standard InChI is InChI=1S/C12H20N4O2/c1-10(11-8-13-4-5-14-11)16(9-12(17)18)7-6-15(2)3/h4-5,8,10H,6-7,9H2,1-3H3,(H,17,18). The fourth-order valence-electron chi connectivity index (χ4n) is 1.63. The van der Waals surface area contributed by atoms with Crippen LogP contribution in [0.4, 0.5) is 0 Å². The van der Waals surface area contributed by atoms with Gasteiger partial charge in [-0.15, -0.1) is 0 Å². The Labute approximate surface area is 107 Å². The number of hydrogen-bond acceptors (Lipinski definition) is 5. The van der Waals surface area contributed by atoms with Gasteiger partial charge < -0.3 is 10.0 Å². The Hall–Kier alpha value is -1.53. The van der Waals surface area contributed by atoms with Crippen LogP contribution >= 0.6 is 0 Å². The van der Waals surface area contributed by atoms with Crippen molar-refractivity contribution in [1.29, 1.82) is 0 Å². The van der Waals surface area contributed by atoms with Crippen molar-refractivity contribution >= 4 is 5.97 Å². The molecule has 1 rings (SSSR count). The van der Waals surface area contributed by atoms with E-state index in [0.29, 0.717) is 6.54 Å². The third kappa shape index (κ3) is 4.77. The van der Waals surface area contributed by atoms with E-state index < -0.39 is 5.97 Å². The zero-order chi connectivity index (χ0) is 13.5. The van der Waals surface area contributed by atoms with Crippen LogP contribution in [0.15, 0.2) is 18.6 Å². The molecule has 1 N–H and O–H groups in total. The first-order valence-corrected chi connectivity index (χ1v) is 5.87. The van der Waals surface area contributed by atoms with Crippen LogP contribution in [-0.2, 0) is 4.79 Å². The van der Waals surface area contributed by atoms with E-state index in [0.717, 1.165) is 12.2 Å². The van der Waals surface area contributed by atoms with Crippen LogP contribution in [0.2, 0.25) is 0 Å². The molecule has 0 saturated carbocycles. The van der Waals surface area contributed by atoms with Gasteiger partial charge in [0.1, 0.15) is 0 Å². The summed E-state index contributed by atoms with van der Waals surface area (Å²) in [6, 6.07) is -0.0604. The number of aliphatic carboxylic acids is 1. The normalized spacial score (nSPS) is 12.9. The third-order valence-electron chi connectivity index (χ3n) is 2.73. The number of rotatable bonds is 7. The fraction of sp³-hybridized carbons (Fsp3) is 0.583. The highest BCUT2D eigenvalue weighted by molar-refractivity contribution is 5.69. The molecule has 18 heavy (non-hydrogen) atoms. The second kappa shape index (κ2) is 7.03. The molecular weight excluding hydrogens is 232 g/mol. The Kier molecular flexibility index (Phi) is 5.67. The maximum absolute atomic E-state index is 10.9. The van der Waals surface area contributed by atoms with Crippen LogP contribution in [0.1, 0.15) is 18.7 Å². The molecule has 1 unspecified atom stereocenters. The van der Waals surface area contributed by atoms with E-state index in [1.807, 2.05) is 30.8 Å². The van der Waals surface area contributed by atoms with Gasteiger partial charge in [-0.2, -0.15) is 0 Å². The van der Waals surface area contributed by atoms with E-state index in [-0.39, 0.29) is 12.6 Å². The number of nitrogens with zero attached hydrogens (tertiary/aromatic N) is 4. The van der Waals surface area contributed by atoms with Crippen LogP contribution in [0.3, 0.4) is 0 Å². The average molecular weight is 252 g/mol. The number of likely N-dealkylation sites (N-methyl/N-ethyl adjacent to an activating group) is 1. The van der Waals surface area contributed by atoms with Crippen molar-refractivity contribution in [2.75, 3.05) is 33.7 Å². The molecule has 1 aromatic heterocycles. The molecule has 1 heterocycles. The summed E-state index contributed by atoms with van der Waals surface area (Å²) in [4.78, 5) is 23.0. The van der Waals surface area contributed by atoms with Crippen LogP contribution in [0.5, 0.6) is 0 Å². The summed E-state index contributed by atoms with van der Waals surface area (Å²) in [5, 5.41) is 8.95. The quantitative estimate of drug-likeness (QED) is 0.761. The predicted octanol–water partition coefficient (Wildman–Crippen LogP) is 0.486. The number of carboxylic acid groups (broad SMARTS) is 1. The van der Waals surface area contributed by atoms with Gasteiger partial charge >= 0.3 is 5.97 Å². The van der Waals surface area contributed by atoms with Crippen molar-refractivity contribution in [3.63, 3.8) is 0 Å². The van der Waals surface area contributed by atoms with Crippen LogP contribution in [0, 0.1) is 0 Å². The van der Waals surface area contributed by atoms with Crippen molar-refractivity contribution in [2.45, 2.75) is 13.0 Å². The maximum atomic E-state index is 10.9. The Morgan fingerprint density at radius 2 is 2.11 bits per heavy atom. The molecule has 1 atom stereocenters. The van der Waals surface area contributed by atoms with E-state index in [1.165, 1.54) is 0 Å². The van der Waals surface area contributed by atoms with Gasteiger partial charge in [0, 0.05) is 31.7 Å². The van der Waals surface area contributed by atoms with Crippen molar-refractivity contribution < 1.29 is 9.90 Å². The highest BCUT2D eigenvalue weighted by Gasteiger charge is 2.19. The Bertz CT molecular complexity index is 370. The van der Waals surface area contributed by atoms with Crippen molar-refractivity contribution in [3.05, 3.63) is 24.3 Å². The molecule has 0 aromatic carbocycles. The first-order valence-electron chi connectivity index (χ1n) is 5.87. The number of carbonyl (C=O) groups is 1. The molecule has 0 amide bonds. The number of carboxylic acids is 1. The number of hydrogen-bond donors (Lipinski definition) is 1. The third-order valence-corrected chi connectivity index (χ3v) is 2.73. The van der Waals surface area contributed by atoms with Gasteiger partial charge in [-0.3, -0.25) is 19.7 Å². The second-order valence-corrected chi connectivity index (χ2v) is 4.47. The molecule has 0 bridgehead atoms. The summed E-state index contributed by atoms with van der Waals surface area (Å²) < 4.78 is 0. The van der Waals surface area contributed by atoms with Crippen LogP contribution < -0.4 is 0 Å². The van der Waals surface area contributed by atoms with Gasteiger partial charge in [0.25, 0.3) is 0 Å². The minimum Gasteiger partial charge on any atom is -0.480 e.